The SMILES string of the molecule is [CH2]CCCC(=O)Nc1cc[nH]n1. The van der Waals surface area contributed by atoms with Crippen molar-refractivity contribution in [1.29, 1.82) is 0 Å². The van der Waals surface area contributed by atoms with Crippen molar-refractivity contribution in [3.63, 3.8) is 0 Å². The zero-order chi connectivity index (χ0) is 8.81. The predicted octanol–water partition coefficient (Wildman–Crippen LogP) is 1.35. The van der Waals surface area contributed by atoms with Crippen LogP contribution in [0.3, 0.4) is 0 Å². The largest absolute Gasteiger partial charge is 0.309 e. The Hall–Kier alpha value is -1.32. The van der Waals surface area contributed by atoms with Crippen molar-refractivity contribution in [3.8, 4) is 0 Å². The number of carbonyl (C=O) groups is 1. The lowest BCUT2D eigenvalue weighted by Crippen LogP contribution is -2.11. The van der Waals surface area contributed by atoms with Crippen molar-refractivity contribution in [3.05, 3.63) is 19.2 Å². The highest BCUT2D eigenvalue weighted by atomic mass is 16.1. The molecule has 4 heteroatoms. The summed E-state index contributed by atoms with van der Waals surface area (Å²) < 4.78 is 0. The van der Waals surface area contributed by atoms with Gasteiger partial charge < -0.3 is 5.32 Å². The molecule has 1 amide bonds. The predicted molar refractivity (Wildman–Crippen MR) is 46.4 cm³/mol. The van der Waals surface area contributed by atoms with E-state index >= 15 is 0 Å². The van der Waals surface area contributed by atoms with Crippen LogP contribution < -0.4 is 5.32 Å². The maximum Gasteiger partial charge on any atom is 0.225 e. The van der Waals surface area contributed by atoms with Crippen molar-refractivity contribution in [2.24, 2.45) is 0 Å². The lowest BCUT2D eigenvalue weighted by atomic mass is 10.2. The molecule has 0 bridgehead atoms. The summed E-state index contributed by atoms with van der Waals surface area (Å²) in [5, 5.41) is 9.05. The van der Waals surface area contributed by atoms with Crippen LogP contribution in [0.4, 0.5) is 5.82 Å². The summed E-state index contributed by atoms with van der Waals surface area (Å²) in [7, 11) is 0. The van der Waals surface area contributed by atoms with E-state index in [2.05, 4.69) is 22.4 Å². The molecule has 1 aromatic rings. The molecule has 0 atom stereocenters. The minimum atomic E-state index is -0.00856. The Kier molecular flexibility index (Phi) is 3.32. The van der Waals surface area contributed by atoms with Gasteiger partial charge in [0.25, 0.3) is 0 Å². The summed E-state index contributed by atoms with van der Waals surface area (Å²) in [6.45, 7) is 3.65. The smallest absolute Gasteiger partial charge is 0.225 e. The first-order chi connectivity index (χ1) is 5.83. The molecule has 12 heavy (non-hydrogen) atoms. The lowest BCUT2D eigenvalue weighted by molar-refractivity contribution is -0.116. The summed E-state index contributed by atoms with van der Waals surface area (Å²) in [5.41, 5.74) is 0. The van der Waals surface area contributed by atoms with Crippen molar-refractivity contribution in [1.82, 2.24) is 10.2 Å². The number of hydrogen-bond acceptors (Lipinski definition) is 2. The number of aromatic amines is 1. The number of anilines is 1. The molecular formula is C8H12N3O. The van der Waals surface area contributed by atoms with Gasteiger partial charge in [-0.25, -0.2) is 0 Å². The molecule has 1 heterocycles. The van der Waals surface area contributed by atoms with Gasteiger partial charge in [0.05, 0.1) is 0 Å². The highest BCUT2D eigenvalue weighted by Gasteiger charge is 2.01. The molecule has 0 aliphatic rings. The van der Waals surface area contributed by atoms with Crippen LogP contribution in [0, 0.1) is 6.92 Å². The third-order valence-corrected chi connectivity index (χ3v) is 1.42. The first-order valence-electron chi connectivity index (χ1n) is 3.92. The van der Waals surface area contributed by atoms with Crippen LogP contribution in [0.2, 0.25) is 0 Å². The second kappa shape index (κ2) is 4.54. The molecular weight excluding hydrogens is 154 g/mol. The molecule has 65 valence electrons. The van der Waals surface area contributed by atoms with Crippen LogP contribution in [0.5, 0.6) is 0 Å². The highest BCUT2D eigenvalue weighted by Crippen LogP contribution is 2.01. The monoisotopic (exact) mass is 166 g/mol. The van der Waals surface area contributed by atoms with E-state index in [9.17, 15) is 4.79 Å². The normalized spacial score (nSPS) is 9.75. The molecule has 0 fully saturated rings. The third kappa shape index (κ3) is 2.74. The molecule has 0 aliphatic heterocycles. The standard InChI is InChI=1S/C8H12N3O/c1-2-3-4-8(12)10-7-5-6-9-11-7/h5-6H,1-4H2,(H2,9,10,11,12). The second-order valence-corrected chi connectivity index (χ2v) is 2.46. The van der Waals surface area contributed by atoms with E-state index in [1.165, 1.54) is 0 Å². The topological polar surface area (TPSA) is 57.8 Å². The van der Waals surface area contributed by atoms with E-state index in [0.717, 1.165) is 12.8 Å². The van der Waals surface area contributed by atoms with Gasteiger partial charge in [0.1, 0.15) is 0 Å². The van der Waals surface area contributed by atoms with E-state index in [4.69, 9.17) is 0 Å². The fraction of sp³-hybridized carbons (Fsp3) is 0.375. The quantitative estimate of drug-likeness (QED) is 0.709. The highest BCUT2D eigenvalue weighted by molar-refractivity contribution is 5.89. The summed E-state index contributed by atoms with van der Waals surface area (Å²) >= 11 is 0. The number of aromatic nitrogens is 2. The van der Waals surface area contributed by atoms with Gasteiger partial charge in [-0.15, -0.1) is 0 Å². The maximum absolute atomic E-state index is 11.1. The van der Waals surface area contributed by atoms with Crippen molar-refractivity contribution >= 4 is 11.7 Å². The van der Waals surface area contributed by atoms with Crippen LogP contribution in [0.25, 0.3) is 0 Å². The average molecular weight is 166 g/mol. The number of unbranched alkanes of at least 4 members (excludes halogenated alkanes) is 1. The minimum Gasteiger partial charge on any atom is -0.309 e. The van der Waals surface area contributed by atoms with Gasteiger partial charge in [0.2, 0.25) is 5.91 Å². The number of carbonyl (C=O) groups excluding carboxylic acids is 1. The van der Waals surface area contributed by atoms with Crippen molar-refractivity contribution in [2.45, 2.75) is 19.3 Å². The molecule has 0 spiro atoms. The molecule has 4 nitrogen and oxygen atoms in total. The summed E-state index contributed by atoms with van der Waals surface area (Å²) in [6.07, 6.45) is 3.78. The van der Waals surface area contributed by atoms with E-state index in [1.54, 1.807) is 12.3 Å². The minimum absolute atomic E-state index is 0.00856. The second-order valence-electron chi connectivity index (χ2n) is 2.46. The van der Waals surface area contributed by atoms with Gasteiger partial charge >= 0.3 is 0 Å². The third-order valence-electron chi connectivity index (χ3n) is 1.42. The molecule has 0 aliphatic carbocycles. The van der Waals surface area contributed by atoms with Crippen LogP contribution in [0.15, 0.2) is 12.3 Å². The molecule has 2 N–H and O–H groups in total. The molecule has 0 unspecified atom stereocenters. The Labute approximate surface area is 71.4 Å². The maximum atomic E-state index is 11.1. The molecule has 0 saturated carbocycles. The Morgan fingerprint density at radius 1 is 1.75 bits per heavy atom. The molecule has 0 saturated heterocycles. The van der Waals surface area contributed by atoms with Crippen LogP contribution >= 0.6 is 0 Å². The fourth-order valence-electron chi connectivity index (χ4n) is 0.821. The number of hydrogen-bond donors (Lipinski definition) is 2. The summed E-state index contributed by atoms with van der Waals surface area (Å²) in [4.78, 5) is 11.1. The van der Waals surface area contributed by atoms with E-state index < -0.39 is 0 Å². The summed E-state index contributed by atoms with van der Waals surface area (Å²) in [5.74, 6) is 0.565. The number of rotatable bonds is 4. The van der Waals surface area contributed by atoms with Crippen molar-refractivity contribution < 1.29 is 4.79 Å². The lowest BCUT2D eigenvalue weighted by Gasteiger charge is -1.98. The molecule has 1 rings (SSSR count). The van der Waals surface area contributed by atoms with Gasteiger partial charge in [0, 0.05) is 18.7 Å². The van der Waals surface area contributed by atoms with Gasteiger partial charge in [-0.2, -0.15) is 5.10 Å². The van der Waals surface area contributed by atoms with Crippen LogP contribution in [-0.4, -0.2) is 16.1 Å². The molecule has 1 aromatic heterocycles. The van der Waals surface area contributed by atoms with Crippen LogP contribution in [-0.2, 0) is 4.79 Å². The Bertz CT molecular complexity index is 230. The Morgan fingerprint density at radius 3 is 3.17 bits per heavy atom. The zero-order valence-electron chi connectivity index (χ0n) is 6.84. The average Bonchev–Trinajstić information content (AvgIpc) is 2.53. The Morgan fingerprint density at radius 2 is 2.58 bits per heavy atom. The molecule has 0 aromatic carbocycles. The first kappa shape index (κ1) is 8.77. The van der Waals surface area contributed by atoms with Gasteiger partial charge in [-0.3, -0.25) is 9.89 Å². The van der Waals surface area contributed by atoms with E-state index in [-0.39, 0.29) is 5.91 Å². The number of nitrogens with zero attached hydrogens (tertiary/aromatic N) is 1. The van der Waals surface area contributed by atoms with Gasteiger partial charge in [-0.05, 0) is 6.42 Å². The first-order valence-corrected chi connectivity index (χ1v) is 3.92. The van der Waals surface area contributed by atoms with E-state index in [0.29, 0.717) is 12.2 Å². The fourth-order valence-corrected chi connectivity index (χ4v) is 0.821. The number of nitrogens with one attached hydrogen (secondary N) is 2. The number of amides is 1. The van der Waals surface area contributed by atoms with Gasteiger partial charge in [-0.1, -0.05) is 13.3 Å². The number of H-pyrrole nitrogens is 1. The Balaban J connectivity index is 2.27. The van der Waals surface area contributed by atoms with Crippen LogP contribution in [0.1, 0.15) is 19.3 Å². The summed E-state index contributed by atoms with van der Waals surface area (Å²) in [6, 6.07) is 1.71. The van der Waals surface area contributed by atoms with E-state index in [1.807, 2.05) is 0 Å². The van der Waals surface area contributed by atoms with Gasteiger partial charge in [0.15, 0.2) is 5.82 Å². The molecule has 1 radical (unpaired) electrons. The van der Waals surface area contributed by atoms with Crippen molar-refractivity contribution in [2.75, 3.05) is 5.32 Å². The zero-order valence-corrected chi connectivity index (χ0v) is 6.84.